The Labute approximate surface area is 126 Å². The van der Waals surface area contributed by atoms with Crippen molar-refractivity contribution in [1.82, 2.24) is 0 Å². The highest BCUT2D eigenvalue weighted by Gasteiger charge is 2.24. The summed E-state index contributed by atoms with van der Waals surface area (Å²) >= 11 is 0. The normalized spacial score (nSPS) is 10.1. The molecule has 5 heteroatoms. The van der Waals surface area contributed by atoms with E-state index in [2.05, 4.69) is 6.92 Å². The summed E-state index contributed by atoms with van der Waals surface area (Å²) in [5, 5.41) is 0. The van der Waals surface area contributed by atoms with E-state index in [0.717, 1.165) is 31.2 Å². The van der Waals surface area contributed by atoms with Crippen LogP contribution in [0.2, 0.25) is 0 Å². The molecule has 0 heterocycles. The van der Waals surface area contributed by atoms with Crippen molar-refractivity contribution in [3.63, 3.8) is 0 Å². The monoisotopic (exact) mass is 296 g/mol. The molecule has 0 saturated carbocycles. The molecule has 1 rings (SSSR count). The largest absolute Gasteiger partial charge is 0.493 e. The van der Waals surface area contributed by atoms with E-state index >= 15 is 0 Å². The first-order valence-electron chi connectivity index (χ1n) is 7.04. The van der Waals surface area contributed by atoms with Crippen LogP contribution in [0.3, 0.4) is 0 Å². The average molecular weight is 296 g/mol. The molecule has 0 aromatic heterocycles. The van der Waals surface area contributed by atoms with E-state index in [4.69, 9.17) is 18.9 Å². The lowest BCUT2D eigenvalue weighted by molar-refractivity contribution is 0.0598. The van der Waals surface area contributed by atoms with E-state index in [1.54, 1.807) is 20.3 Å². The van der Waals surface area contributed by atoms with Gasteiger partial charge in [0.15, 0.2) is 11.5 Å². The van der Waals surface area contributed by atoms with E-state index in [1.807, 2.05) is 0 Å². The van der Waals surface area contributed by atoms with Gasteiger partial charge in [0.2, 0.25) is 5.75 Å². The molecule has 21 heavy (non-hydrogen) atoms. The van der Waals surface area contributed by atoms with Gasteiger partial charge < -0.3 is 18.9 Å². The number of hydrogen-bond donors (Lipinski definition) is 0. The number of hydrogen-bond acceptors (Lipinski definition) is 5. The van der Waals surface area contributed by atoms with Gasteiger partial charge in [-0.05, 0) is 18.9 Å². The summed E-state index contributed by atoms with van der Waals surface area (Å²) in [5.41, 5.74) is 1.26. The number of methoxy groups -OCH3 is 4. The van der Waals surface area contributed by atoms with Crippen LogP contribution in [0.25, 0.3) is 0 Å². The summed E-state index contributed by atoms with van der Waals surface area (Å²) in [7, 11) is 5.99. The van der Waals surface area contributed by atoms with Gasteiger partial charge in [-0.1, -0.05) is 19.8 Å². The minimum absolute atomic E-state index is 0.402. The zero-order valence-corrected chi connectivity index (χ0v) is 13.4. The zero-order chi connectivity index (χ0) is 15.8. The Morgan fingerprint density at radius 1 is 1.00 bits per heavy atom. The average Bonchev–Trinajstić information content (AvgIpc) is 2.52. The van der Waals surface area contributed by atoms with Crippen molar-refractivity contribution < 1.29 is 23.7 Å². The summed E-state index contributed by atoms with van der Waals surface area (Å²) in [5.74, 6) is 1.09. The van der Waals surface area contributed by atoms with Crippen molar-refractivity contribution in [3.05, 3.63) is 17.2 Å². The molecule has 0 N–H and O–H groups in total. The molecule has 0 saturated heterocycles. The Morgan fingerprint density at radius 2 is 1.67 bits per heavy atom. The van der Waals surface area contributed by atoms with Gasteiger partial charge in [-0.15, -0.1) is 0 Å². The molecule has 118 valence electrons. The first kappa shape index (κ1) is 17.1. The molecule has 0 amide bonds. The van der Waals surface area contributed by atoms with E-state index in [1.165, 1.54) is 14.2 Å². The van der Waals surface area contributed by atoms with Crippen LogP contribution >= 0.6 is 0 Å². The molecule has 0 aliphatic rings. The number of esters is 1. The summed E-state index contributed by atoms with van der Waals surface area (Å²) in [6, 6.07) is 1.65. The SMILES string of the molecule is CCCCCc1c(C(=O)OC)cc(OC)c(OC)c1OC. The van der Waals surface area contributed by atoms with Crippen molar-refractivity contribution in [1.29, 1.82) is 0 Å². The summed E-state index contributed by atoms with van der Waals surface area (Å²) in [6.07, 6.45) is 3.87. The van der Waals surface area contributed by atoms with Gasteiger partial charge in [0.05, 0.1) is 34.0 Å². The Morgan fingerprint density at radius 3 is 2.14 bits per heavy atom. The Balaban J connectivity index is 3.41. The van der Waals surface area contributed by atoms with Crippen LogP contribution < -0.4 is 14.2 Å². The third-order valence-corrected chi connectivity index (χ3v) is 3.37. The van der Waals surface area contributed by atoms with Gasteiger partial charge >= 0.3 is 5.97 Å². The fourth-order valence-corrected chi connectivity index (χ4v) is 2.31. The molecule has 0 fully saturated rings. The number of rotatable bonds is 8. The van der Waals surface area contributed by atoms with Crippen molar-refractivity contribution in [2.45, 2.75) is 32.6 Å². The lowest BCUT2D eigenvalue weighted by Gasteiger charge is -2.18. The maximum atomic E-state index is 12.0. The quantitative estimate of drug-likeness (QED) is 0.544. The second-order valence-corrected chi connectivity index (χ2v) is 4.62. The maximum Gasteiger partial charge on any atom is 0.338 e. The molecule has 0 aliphatic heterocycles. The van der Waals surface area contributed by atoms with Crippen molar-refractivity contribution >= 4 is 5.97 Å². The molecule has 0 radical (unpaired) electrons. The first-order chi connectivity index (χ1) is 10.1. The molecular formula is C16H24O5. The van der Waals surface area contributed by atoms with Crippen LogP contribution in [0.5, 0.6) is 17.2 Å². The van der Waals surface area contributed by atoms with Crippen LogP contribution in [0, 0.1) is 0 Å². The molecular weight excluding hydrogens is 272 g/mol. The third kappa shape index (κ3) is 3.80. The molecule has 1 aromatic carbocycles. The van der Waals surface area contributed by atoms with Gasteiger partial charge in [-0.2, -0.15) is 0 Å². The van der Waals surface area contributed by atoms with Crippen LogP contribution in [-0.2, 0) is 11.2 Å². The number of benzene rings is 1. The summed E-state index contributed by atoms with van der Waals surface area (Å²) < 4.78 is 21.0. The highest BCUT2D eigenvalue weighted by molar-refractivity contribution is 5.93. The highest BCUT2D eigenvalue weighted by Crippen LogP contribution is 2.42. The lowest BCUT2D eigenvalue weighted by atomic mass is 9.98. The van der Waals surface area contributed by atoms with Gasteiger partial charge in [-0.25, -0.2) is 4.79 Å². The third-order valence-electron chi connectivity index (χ3n) is 3.37. The topological polar surface area (TPSA) is 54.0 Å². The molecule has 0 unspecified atom stereocenters. The van der Waals surface area contributed by atoms with Crippen LogP contribution in [0.1, 0.15) is 42.1 Å². The fraction of sp³-hybridized carbons (Fsp3) is 0.562. The Kier molecular flexibility index (Phi) is 6.85. The predicted molar refractivity (Wildman–Crippen MR) is 80.7 cm³/mol. The molecule has 0 spiro atoms. The summed E-state index contributed by atoms with van der Waals surface area (Å²) in [4.78, 5) is 12.0. The predicted octanol–water partition coefficient (Wildman–Crippen LogP) is 3.23. The molecule has 0 bridgehead atoms. The smallest absolute Gasteiger partial charge is 0.338 e. The van der Waals surface area contributed by atoms with Gasteiger partial charge in [-0.3, -0.25) is 0 Å². The van der Waals surface area contributed by atoms with Crippen LogP contribution in [-0.4, -0.2) is 34.4 Å². The van der Waals surface area contributed by atoms with E-state index in [-0.39, 0.29) is 0 Å². The minimum atomic E-state index is -0.402. The van der Waals surface area contributed by atoms with E-state index in [0.29, 0.717) is 22.8 Å². The van der Waals surface area contributed by atoms with Crippen molar-refractivity contribution in [3.8, 4) is 17.2 Å². The van der Waals surface area contributed by atoms with Crippen molar-refractivity contribution in [2.24, 2.45) is 0 Å². The minimum Gasteiger partial charge on any atom is -0.493 e. The van der Waals surface area contributed by atoms with E-state index in [9.17, 15) is 4.79 Å². The molecule has 5 nitrogen and oxygen atoms in total. The second kappa shape index (κ2) is 8.39. The van der Waals surface area contributed by atoms with Crippen LogP contribution in [0.15, 0.2) is 6.07 Å². The molecule has 0 aliphatic carbocycles. The van der Waals surface area contributed by atoms with Crippen molar-refractivity contribution in [2.75, 3.05) is 28.4 Å². The number of carbonyl (C=O) groups excluding carboxylic acids is 1. The molecule has 0 atom stereocenters. The fourth-order valence-electron chi connectivity index (χ4n) is 2.31. The maximum absolute atomic E-state index is 12.0. The molecule has 1 aromatic rings. The zero-order valence-electron chi connectivity index (χ0n) is 13.4. The number of carbonyl (C=O) groups is 1. The van der Waals surface area contributed by atoms with Gasteiger partial charge in [0.1, 0.15) is 0 Å². The number of unbranched alkanes of at least 4 members (excludes halogenated alkanes) is 2. The lowest BCUT2D eigenvalue weighted by Crippen LogP contribution is -2.10. The first-order valence-corrected chi connectivity index (χ1v) is 7.04. The van der Waals surface area contributed by atoms with Crippen LogP contribution in [0.4, 0.5) is 0 Å². The summed E-state index contributed by atoms with van der Waals surface area (Å²) in [6.45, 7) is 2.13. The van der Waals surface area contributed by atoms with E-state index < -0.39 is 5.97 Å². The highest BCUT2D eigenvalue weighted by atomic mass is 16.5. The van der Waals surface area contributed by atoms with Gasteiger partial charge in [0, 0.05) is 5.56 Å². The second-order valence-electron chi connectivity index (χ2n) is 4.62. The Hall–Kier alpha value is -1.91. The standard InChI is InChI=1S/C16H24O5/c1-6-7-8-9-11-12(16(17)21-5)10-13(18-2)15(20-4)14(11)19-3/h10H,6-9H2,1-5H3. The number of ether oxygens (including phenoxy) is 4. The Bertz CT molecular complexity index is 482. The van der Waals surface area contributed by atoms with Gasteiger partial charge in [0.25, 0.3) is 0 Å².